The van der Waals surface area contributed by atoms with Crippen LogP contribution in [0.15, 0.2) is 17.9 Å². The van der Waals surface area contributed by atoms with Gasteiger partial charge in [-0.1, -0.05) is 6.58 Å². The number of halogens is 1. The zero-order chi connectivity index (χ0) is 5.70. The normalized spacial score (nSPS) is 9.29. The Labute approximate surface area is 56.4 Å². The fourth-order valence-electron chi connectivity index (χ4n) is 0.111. The third kappa shape index (κ3) is 3.57. The highest BCUT2D eigenvalue weighted by Crippen LogP contribution is 1.90. The van der Waals surface area contributed by atoms with E-state index in [0.29, 0.717) is 0 Å². The van der Waals surface area contributed by atoms with Crippen molar-refractivity contribution in [1.29, 1.82) is 0 Å². The minimum atomic E-state index is 1.45. The molecule has 0 aromatic heterocycles. The predicted octanol–water partition coefficient (Wildman–Crippen LogP) is 0.684. The second-order valence-electron chi connectivity index (χ2n) is 0.791. The molecule has 0 unspecified atom stereocenters. The largest absolute Gasteiger partial charge is 0.322 e. The minimum Gasteiger partial charge on any atom is -0.322 e. The quantitative estimate of drug-likeness (QED) is 0.182. The molecular formula is C3H6IN3. The van der Waals surface area contributed by atoms with Gasteiger partial charge in [0.25, 0.3) is 0 Å². The second kappa shape index (κ2) is 3.91. The van der Waals surface area contributed by atoms with Gasteiger partial charge in [-0.15, -0.1) is 0 Å². The Morgan fingerprint density at radius 2 is 2.43 bits per heavy atom. The molecule has 4 heteroatoms. The van der Waals surface area contributed by atoms with Crippen molar-refractivity contribution in [3.63, 3.8) is 0 Å². The van der Waals surface area contributed by atoms with E-state index < -0.39 is 0 Å². The lowest BCUT2D eigenvalue weighted by molar-refractivity contribution is 1.01. The van der Waals surface area contributed by atoms with E-state index in [9.17, 15) is 0 Å². The topological polar surface area (TPSA) is 41.6 Å². The summed E-state index contributed by atoms with van der Waals surface area (Å²) in [6.45, 7) is 3.45. The molecule has 0 rings (SSSR count). The van der Waals surface area contributed by atoms with Crippen LogP contribution in [0.2, 0.25) is 0 Å². The molecule has 0 fully saturated rings. The summed E-state index contributed by atoms with van der Waals surface area (Å²) in [6.07, 6.45) is 3.05. The fraction of sp³-hybridized carbons (Fsp3) is 0. The van der Waals surface area contributed by atoms with E-state index >= 15 is 0 Å². The van der Waals surface area contributed by atoms with E-state index in [2.05, 4.69) is 11.7 Å². The van der Waals surface area contributed by atoms with Crippen LogP contribution in [0.5, 0.6) is 0 Å². The standard InChI is InChI=1S/C3H6IN3/c1-2-7(4)3-6-5/h2-3H,1,5H2/b6-3-. The van der Waals surface area contributed by atoms with Crippen molar-refractivity contribution in [1.82, 2.24) is 3.11 Å². The summed E-state index contributed by atoms with van der Waals surface area (Å²) < 4.78 is 1.62. The molecule has 40 valence electrons. The van der Waals surface area contributed by atoms with Crippen molar-refractivity contribution in [2.24, 2.45) is 10.9 Å². The van der Waals surface area contributed by atoms with E-state index in [1.54, 1.807) is 9.31 Å². The first-order valence-corrected chi connectivity index (χ1v) is 2.57. The summed E-state index contributed by atoms with van der Waals surface area (Å²) in [6, 6.07) is 0. The molecule has 0 aliphatic rings. The highest BCUT2D eigenvalue weighted by molar-refractivity contribution is 14.1. The van der Waals surface area contributed by atoms with E-state index in [4.69, 9.17) is 5.84 Å². The van der Waals surface area contributed by atoms with Crippen LogP contribution in [-0.2, 0) is 0 Å². The van der Waals surface area contributed by atoms with E-state index in [0.717, 1.165) is 0 Å². The highest BCUT2D eigenvalue weighted by Gasteiger charge is 1.76. The molecule has 3 nitrogen and oxygen atoms in total. The maximum atomic E-state index is 4.78. The number of hydrogen-bond donors (Lipinski definition) is 1. The molecule has 0 aromatic carbocycles. The highest BCUT2D eigenvalue weighted by atomic mass is 127. The van der Waals surface area contributed by atoms with Crippen LogP contribution < -0.4 is 5.84 Å². The molecule has 0 aliphatic heterocycles. The van der Waals surface area contributed by atoms with Gasteiger partial charge in [0.15, 0.2) is 0 Å². The van der Waals surface area contributed by atoms with Crippen molar-refractivity contribution in [2.45, 2.75) is 0 Å². The Morgan fingerprint density at radius 3 is 2.57 bits per heavy atom. The average Bonchev–Trinajstić information content (AvgIpc) is 1.68. The smallest absolute Gasteiger partial charge is 0.123 e. The molecule has 0 saturated heterocycles. The van der Waals surface area contributed by atoms with Gasteiger partial charge in [-0.3, -0.25) is 3.11 Å². The van der Waals surface area contributed by atoms with Crippen LogP contribution in [0.4, 0.5) is 0 Å². The van der Waals surface area contributed by atoms with Crippen molar-refractivity contribution < 1.29 is 0 Å². The molecule has 0 heterocycles. The molecule has 0 spiro atoms. The number of rotatable bonds is 2. The van der Waals surface area contributed by atoms with Crippen molar-refractivity contribution in [2.75, 3.05) is 0 Å². The lowest BCUT2D eigenvalue weighted by atomic mass is 11.0. The van der Waals surface area contributed by atoms with Crippen molar-refractivity contribution in [3.8, 4) is 0 Å². The van der Waals surface area contributed by atoms with Crippen molar-refractivity contribution in [3.05, 3.63) is 12.8 Å². The SMILES string of the molecule is C=CN(I)/C=N\N. The summed E-state index contributed by atoms with van der Waals surface area (Å²) in [5.74, 6) is 4.78. The summed E-state index contributed by atoms with van der Waals surface area (Å²) in [5, 5.41) is 3.23. The summed E-state index contributed by atoms with van der Waals surface area (Å²) >= 11 is 1.99. The molecular weight excluding hydrogens is 205 g/mol. The molecule has 0 radical (unpaired) electrons. The van der Waals surface area contributed by atoms with Gasteiger partial charge in [-0.25, -0.2) is 0 Å². The first-order valence-electron chi connectivity index (χ1n) is 1.61. The van der Waals surface area contributed by atoms with Gasteiger partial charge in [0.05, 0.1) is 22.9 Å². The predicted molar refractivity (Wildman–Crippen MR) is 38.7 cm³/mol. The fourth-order valence-corrected chi connectivity index (χ4v) is 0.255. The molecule has 0 aromatic rings. The number of hydrazone groups is 1. The van der Waals surface area contributed by atoms with Crippen molar-refractivity contribution >= 4 is 29.2 Å². The Morgan fingerprint density at radius 1 is 1.86 bits per heavy atom. The van der Waals surface area contributed by atoms with Crippen LogP contribution in [0.1, 0.15) is 0 Å². The molecule has 0 atom stereocenters. The maximum Gasteiger partial charge on any atom is 0.123 e. The first kappa shape index (κ1) is 6.74. The number of nitrogens with zero attached hydrogens (tertiary/aromatic N) is 2. The molecule has 0 aliphatic carbocycles. The van der Waals surface area contributed by atoms with E-state index in [-0.39, 0.29) is 0 Å². The van der Waals surface area contributed by atoms with Gasteiger partial charge in [0.1, 0.15) is 6.34 Å². The monoisotopic (exact) mass is 211 g/mol. The van der Waals surface area contributed by atoms with E-state index in [1.807, 2.05) is 22.9 Å². The Hall–Kier alpha value is -0.260. The summed E-state index contributed by atoms with van der Waals surface area (Å²) in [7, 11) is 0. The van der Waals surface area contributed by atoms with Gasteiger partial charge in [0, 0.05) is 6.20 Å². The number of nitrogens with two attached hydrogens (primary N) is 1. The van der Waals surface area contributed by atoms with Gasteiger partial charge in [-0.2, -0.15) is 5.10 Å². The van der Waals surface area contributed by atoms with Crippen LogP contribution in [0, 0.1) is 0 Å². The van der Waals surface area contributed by atoms with Gasteiger partial charge in [0.2, 0.25) is 0 Å². The van der Waals surface area contributed by atoms with Gasteiger partial charge >= 0.3 is 0 Å². The average molecular weight is 211 g/mol. The van der Waals surface area contributed by atoms with Gasteiger partial charge < -0.3 is 5.84 Å². The van der Waals surface area contributed by atoms with Crippen LogP contribution in [-0.4, -0.2) is 9.45 Å². The van der Waals surface area contributed by atoms with Crippen LogP contribution >= 0.6 is 22.9 Å². The zero-order valence-electron chi connectivity index (χ0n) is 3.71. The maximum absolute atomic E-state index is 4.78. The Kier molecular flexibility index (Phi) is 3.77. The minimum absolute atomic E-state index is 1.45. The molecule has 0 saturated carbocycles. The zero-order valence-corrected chi connectivity index (χ0v) is 5.87. The third-order valence-corrected chi connectivity index (χ3v) is 0.994. The summed E-state index contributed by atoms with van der Waals surface area (Å²) in [4.78, 5) is 0. The lowest BCUT2D eigenvalue weighted by Gasteiger charge is -1.96. The Bertz CT molecular complexity index is 80.2. The first-order chi connectivity index (χ1) is 3.31. The van der Waals surface area contributed by atoms with Crippen LogP contribution in [0.3, 0.4) is 0 Å². The molecule has 0 bridgehead atoms. The summed E-state index contributed by atoms with van der Waals surface area (Å²) in [5.41, 5.74) is 0. The van der Waals surface area contributed by atoms with Crippen LogP contribution in [0.25, 0.3) is 0 Å². The molecule has 0 amide bonds. The van der Waals surface area contributed by atoms with E-state index in [1.165, 1.54) is 6.34 Å². The lowest BCUT2D eigenvalue weighted by Crippen LogP contribution is -1.98. The van der Waals surface area contributed by atoms with Gasteiger partial charge in [-0.05, 0) is 0 Å². The molecule has 2 N–H and O–H groups in total. The molecule has 7 heavy (non-hydrogen) atoms. The third-order valence-electron chi connectivity index (χ3n) is 0.351. The Balaban J connectivity index is 3.35. The number of hydrogen-bond acceptors (Lipinski definition) is 2. The second-order valence-corrected chi connectivity index (χ2v) is 1.91.